The van der Waals surface area contributed by atoms with Crippen molar-refractivity contribution in [1.29, 1.82) is 0 Å². The molecule has 0 saturated heterocycles. The van der Waals surface area contributed by atoms with Gasteiger partial charge >= 0.3 is 0 Å². The number of guanidine groups is 1. The Bertz CT molecular complexity index is 414. The van der Waals surface area contributed by atoms with Crippen LogP contribution in [0.2, 0.25) is 0 Å². The standard InChI is InChI=1S/C15H28N4S.HI/c1-6-12(7-2)8-17-15(16-5)18-9-13-10-20-14(19-13)11(3)4;/h10-12H,6-9H2,1-5H3,(H2,16,17,18);1H. The van der Waals surface area contributed by atoms with Crippen LogP contribution in [0, 0.1) is 5.92 Å². The van der Waals surface area contributed by atoms with Crippen LogP contribution in [0.4, 0.5) is 0 Å². The summed E-state index contributed by atoms with van der Waals surface area (Å²) in [6, 6.07) is 0. The fourth-order valence-electron chi connectivity index (χ4n) is 1.88. The molecule has 0 unspecified atom stereocenters. The molecule has 122 valence electrons. The maximum atomic E-state index is 4.62. The van der Waals surface area contributed by atoms with Crippen molar-refractivity contribution in [2.45, 2.75) is 53.0 Å². The summed E-state index contributed by atoms with van der Waals surface area (Å²) in [6.45, 7) is 10.5. The highest BCUT2D eigenvalue weighted by molar-refractivity contribution is 14.0. The largest absolute Gasteiger partial charge is 0.356 e. The fraction of sp³-hybridized carbons (Fsp3) is 0.733. The molecule has 1 aromatic heterocycles. The predicted molar refractivity (Wildman–Crippen MR) is 104 cm³/mol. The van der Waals surface area contributed by atoms with E-state index in [0.717, 1.165) is 24.7 Å². The molecule has 2 N–H and O–H groups in total. The summed E-state index contributed by atoms with van der Waals surface area (Å²) < 4.78 is 0. The van der Waals surface area contributed by atoms with E-state index in [1.165, 1.54) is 17.8 Å². The number of halogens is 1. The van der Waals surface area contributed by atoms with Crippen LogP contribution in [0.25, 0.3) is 0 Å². The van der Waals surface area contributed by atoms with Crippen LogP contribution in [-0.2, 0) is 6.54 Å². The summed E-state index contributed by atoms with van der Waals surface area (Å²) in [7, 11) is 1.81. The van der Waals surface area contributed by atoms with Gasteiger partial charge in [-0.3, -0.25) is 4.99 Å². The van der Waals surface area contributed by atoms with Crippen molar-refractivity contribution in [2.75, 3.05) is 13.6 Å². The Morgan fingerprint density at radius 2 is 1.95 bits per heavy atom. The van der Waals surface area contributed by atoms with Gasteiger partial charge in [-0.15, -0.1) is 35.3 Å². The number of nitrogens with zero attached hydrogens (tertiary/aromatic N) is 2. The van der Waals surface area contributed by atoms with Crippen molar-refractivity contribution in [1.82, 2.24) is 15.6 Å². The Morgan fingerprint density at radius 3 is 2.43 bits per heavy atom. The molecule has 0 bridgehead atoms. The normalized spacial score (nSPS) is 11.7. The minimum atomic E-state index is 0. The van der Waals surface area contributed by atoms with Gasteiger partial charge in [-0.25, -0.2) is 4.98 Å². The zero-order valence-corrected chi connectivity index (χ0v) is 16.9. The Kier molecular flexibility index (Phi) is 11.0. The molecule has 4 nitrogen and oxygen atoms in total. The Labute approximate surface area is 150 Å². The van der Waals surface area contributed by atoms with Crippen LogP contribution in [0.1, 0.15) is 57.2 Å². The van der Waals surface area contributed by atoms with Gasteiger partial charge < -0.3 is 10.6 Å². The summed E-state index contributed by atoms with van der Waals surface area (Å²) in [6.07, 6.45) is 2.40. The second-order valence-electron chi connectivity index (χ2n) is 5.32. The van der Waals surface area contributed by atoms with Gasteiger partial charge in [0.05, 0.1) is 17.2 Å². The third kappa shape index (κ3) is 7.44. The lowest BCUT2D eigenvalue weighted by Crippen LogP contribution is -2.39. The number of hydrogen-bond acceptors (Lipinski definition) is 3. The van der Waals surface area contributed by atoms with Crippen LogP contribution >= 0.6 is 35.3 Å². The van der Waals surface area contributed by atoms with Crippen LogP contribution in [0.15, 0.2) is 10.4 Å². The van der Waals surface area contributed by atoms with Crippen LogP contribution in [0.3, 0.4) is 0 Å². The van der Waals surface area contributed by atoms with Crippen molar-refractivity contribution >= 4 is 41.3 Å². The van der Waals surface area contributed by atoms with Gasteiger partial charge in [-0.1, -0.05) is 40.5 Å². The molecule has 0 aliphatic carbocycles. The highest BCUT2D eigenvalue weighted by atomic mass is 127. The van der Waals surface area contributed by atoms with Crippen LogP contribution in [0.5, 0.6) is 0 Å². The van der Waals surface area contributed by atoms with Crippen molar-refractivity contribution in [3.8, 4) is 0 Å². The first kappa shape index (κ1) is 20.6. The lowest BCUT2D eigenvalue weighted by Gasteiger charge is -2.16. The van der Waals surface area contributed by atoms with Gasteiger partial charge in [-0.05, 0) is 5.92 Å². The molecule has 0 amide bonds. The number of aromatic nitrogens is 1. The molecule has 6 heteroatoms. The average Bonchev–Trinajstić information content (AvgIpc) is 2.92. The summed E-state index contributed by atoms with van der Waals surface area (Å²) in [5.74, 6) is 2.07. The lowest BCUT2D eigenvalue weighted by molar-refractivity contribution is 0.481. The molecule has 0 atom stereocenters. The molecule has 1 heterocycles. The summed E-state index contributed by atoms with van der Waals surface area (Å²) in [4.78, 5) is 8.87. The van der Waals surface area contributed by atoms with Crippen molar-refractivity contribution in [3.63, 3.8) is 0 Å². The topological polar surface area (TPSA) is 49.3 Å². The first-order valence-electron chi connectivity index (χ1n) is 7.49. The van der Waals surface area contributed by atoms with Gasteiger partial charge in [-0.2, -0.15) is 0 Å². The molecule has 0 aromatic carbocycles. The van der Waals surface area contributed by atoms with E-state index in [4.69, 9.17) is 0 Å². The molecule has 0 spiro atoms. The Hall–Kier alpha value is -0.370. The lowest BCUT2D eigenvalue weighted by atomic mass is 10.0. The molecular formula is C15H29IN4S. The summed E-state index contributed by atoms with van der Waals surface area (Å²) in [5.41, 5.74) is 1.09. The number of thiazole rings is 1. The second-order valence-corrected chi connectivity index (χ2v) is 6.21. The Morgan fingerprint density at radius 1 is 1.29 bits per heavy atom. The number of aliphatic imine (C=N–C) groups is 1. The fourth-order valence-corrected chi connectivity index (χ4v) is 2.72. The third-order valence-corrected chi connectivity index (χ3v) is 4.63. The average molecular weight is 424 g/mol. The van der Waals surface area contributed by atoms with E-state index in [-0.39, 0.29) is 24.0 Å². The van der Waals surface area contributed by atoms with E-state index in [0.29, 0.717) is 11.8 Å². The number of nitrogens with one attached hydrogen (secondary N) is 2. The molecule has 1 rings (SSSR count). The van der Waals surface area contributed by atoms with E-state index in [2.05, 4.69) is 53.7 Å². The van der Waals surface area contributed by atoms with Gasteiger partial charge in [0.25, 0.3) is 0 Å². The monoisotopic (exact) mass is 424 g/mol. The zero-order valence-electron chi connectivity index (χ0n) is 13.8. The minimum Gasteiger partial charge on any atom is -0.356 e. The summed E-state index contributed by atoms with van der Waals surface area (Å²) in [5, 5.41) is 10.0. The van der Waals surface area contributed by atoms with Gasteiger partial charge in [0.1, 0.15) is 0 Å². The molecular weight excluding hydrogens is 395 g/mol. The smallest absolute Gasteiger partial charge is 0.191 e. The van der Waals surface area contributed by atoms with Crippen molar-refractivity contribution < 1.29 is 0 Å². The molecule has 1 aromatic rings. The minimum absolute atomic E-state index is 0. The predicted octanol–water partition coefficient (Wildman–Crippen LogP) is 3.99. The van der Waals surface area contributed by atoms with Crippen LogP contribution in [-0.4, -0.2) is 24.5 Å². The number of rotatable bonds is 7. The van der Waals surface area contributed by atoms with E-state index in [1.807, 2.05) is 7.05 Å². The second kappa shape index (κ2) is 11.2. The first-order chi connectivity index (χ1) is 9.60. The highest BCUT2D eigenvalue weighted by Gasteiger charge is 2.07. The highest BCUT2D eigenvalue weighted by Crippen LogP contribution is 2.18. The SMILES string of the molecule is CCC(CC)CNC(=NC)NCc1csc(C(C)C)n1.I. The van der Waals surface area contributed by atoms with Gasteiger partial charge in [0, 0.05) is 24.9 Å². The van der Waals surface area contributed by atoms with E-state index < -0.39 is 0 Å². The molecule has 0 saturated carbocycles. The van der Waals surface area contributed by atoms with Gasteiger partial charge in [0.15, 0.2) is 5.96 Å². The maximum absolute atomic E-state index is 4.62. The maximum Gasteiger partial charge on any atom is 0.191 e. The number of hydrogen-bond donors (Lipinski definition) is 2. The molecule has 0 aliphatic heterocycles. The molecule has 0 radical (unpaired) electrons. The van der Waals surface area contributed by atoms with E-state index in [1.54, 1.807) is 11.3 Å². The van der Waals surface area contributed by atoms with E-state index in [9.17, 15) is 0 Å². The van der Waals surface area contributed by atoms with Crippen molar-refractivity contribution in [3.05, 3.63) is 16.1 Å². The Balaban J connectivity index is 0.00000400. The van der Waals surface area contributed by atoms with Crippen molar-refractivity contribution in [2.24, 2.45) is 10.9 Å². The summed E-state index contributed by atoms with van der Waals surface area (Å²) >= 11 is 1.73. The molecule has 0 fully saturated rings. The van der Waals surface area contributed by atoms with E-state index >= 15 is 0 Å². The molecule has 0 aliphatic rings. The quantitative estimate of drug-likeness (QED) is 0.396. The third-order valence-electron chi connectivity index (χ3n) is 3.44. The van der Waals surface area contributed by atoms with Gasteiger partial charge in [0.2, 0.25) is 0 Å². The first-order valence-corrected chi connectivity index (χ1v) is 8.37. The molecule has 21 heavy (non-hydrogen) atoms. The zero-order chi connectivity index (χ0) is 15.0. The van der Waals surface area contributed by atoms with Crippen LogP contribution < -0.4 is 10.6 Å².